The van der Waals surface area contributed by atoms with E-state index in [1.54, 1.807) is 12.3 Å². The Morgan fingerprint density at radius 3 is 2.29 bits per heavy atom. The molecule has 0 saturated carbocycles. The molecule has 0 unspecified atom stereocenters. The molecule has 0 N–H and O–H groups in total. The molecule has 0 saturated heterocycles. The van der Waals surface area contributed by atoms with E-state index in [2.05, 4.69) is 4.98 Å². The largest absolute Gasteiger partial charge is 0.288 e. The summed E-state index contributed by atoms with van der Waals surface area (Å²) < 4.78 is 29.0. The van der Waals surface area contributed by atoms with Gasteiger partial charge < -0.3 is 0 Å². The number of carbonyl (C=O) groups excluding carboxylic acids is 1. The van der Waals surface area contributed by atoms with Gasteiger partial charge >= 0.3 is 0 Å². The first-order chi connectivity index (χ1) is 13.6. The van der Waals surface area contributed by atoms with Crippen molar-refractivity contribution >= 4 is 16.9 Å². The topological polar surface area (TPSA) is 53.8 Å². The Kier molecular flexibility index (Phi) is 3.37. The molecule has 0 amide bonds. The minimum Gasteiger partial charge on any atom is -0.288 e. The third-order valence-corrected chi connectivity index (χ3v) is 5.08. The van der Waals surface area contributed by atoms with Gasteiger partial charge in [-0.05, 0) is 23.8 Å². The van der Waals surface area contributed by atoms with Gasteiger partial charge in [-0.1, -0.05) is 30.3 Å². The van der Waals surface area contributed by atoms with Crippen LogP contribution in [0, 0.1) is 23.0 Å². The lowest BCUT2D eigenvalue weighted by molar-refractivity contribution is 0.104. The Morgan fingerprint density at radius 2 is 1.54 bits per heavy atom. The zero-order valence-corrected chi connectivity index (χ0v) is 14.3. The van der Waals surface area contributed by atoms with Gasteiger partial charge in [0.25, 0.3) is 0 Å². The van der Waals surface area contributed by atoms with Crippen molar-refractivity contribution in [3.63, 3.8) is 0 Å². The molecule has 1 heterocycles. The molecule has 3 nitrogen and oxygen atoms in total. The van der Waals surface area contributed by atoms with E-state index < -0.39 is 17.4 Å². The summed E-state index contributed by atoms with van der Waals surface area (Å²) in [5.74, 6) is -2.17. The average molecular weight is 368 g/mol. The summed E-state index contributed by atoms with van der Waals surface area (Å²) in [4.78, 5) is 17.7. The van der Waals surface area contributed by atoms with Crippen molar-refractivity contribution < 1.29 is 13.6 Å². The standard InChI is InChI=1S/C23H10F2N2O/c24-16-7-8-17(25)21-19(16)14(9-10-26)20(23(21)28)18-12-4-1-2-5-13(12)22-15(18)6-3-11-27-22/h1-9,11H/b14-9+,20-18-. The van der Waals surface area contributed by atoms with E-state index in [-0.39, 0.29) is 22.3 Å². The molecule has 2 aliphatic carbocycles. The van der Waals surface area contributed by atoms with Crippen LogP contribution in [0.25, 0.3) is 22.4 Å². The molecule has 28 heavy (non-hydrogen) atoms. The molecule has 0 fully saturated rings. The van der Waals surface area contributed by atoms with Crippen LogP contribution in [-0.4, -0.2) is 10.8 Å². The number of allylic oxidation sites excluding steroid dienone is 3. The van der Waals surface area contributed by atoms with E-state index in [1.807, 2.05) is 36.4 Å². The Labute approximate surface area is 158 Å². The van der Waals surface area contributed by atoms with Crippen molar-refractivity contribution in [1.82, 2.24) is 4.98 Å². The monoisotopic (exact) mass is 368 g/mol. The van der Waals surface area contributed by atoms with Crippen molar-refractivity contribution in [2.75, 3.05) is 0 Å². The zero-order chi connectivity index (χ0) is 19.4. The second-order valence-electron chi connectivity index (χ2n) is 6.49. The lowest BCUT2D eigenvalue weighted by Gasteiger charge is -2.08. The molecular formula is C23H10F2N2O. The molecule has 5 rings (SSSR count). The number of ketones is 1. The molecule has 132 valence electrons. The highest BCUT2D eigenvalue weighted by atomic mass is 19.1. The van der Waals surface area contributed by atoms with Gasteiger partial charge in [-0.2, -0.15) is 5.26 Å². The van der Waals surface area contributed by atoms with Gasteiger partial charge in [-0.15, -0.1) is 0 Å². The lowest BCUT2D eigenvalue weighted by Crippen LogP contribution is -2.02. The minimum atomic E-state index is -0.807. The van der Waals surface area contributed by atoms with Crippen LogP contribution >= 0.6 is 0 Å². The maximum Gasteiger partial charge on any atom is 0.198 e. The van der Waals surface area contributed by atoms with Crippen molar-refractivity contribution in [2.45, 2.75) is 0 Å². The third-order valence-electron chi connectivity index (χ3n) is 5.08. The summed E-state index contributed by atoms with van der Waals surface area (Å²) in [7, 11) is 0. The minimum absolute atomic E-state index is 0.0982. The molecule has 5 heteroatoms. The molecule has 2 aromatic carbocycles. The summed E-state index contributed by atoms with van der Waals surface area (Å²) in [5.41, 5.74) is 3.24. The molecule has 0 radical (unpaired) electrons. The number of hydrogen-bond donors (Lipinski definition) is 0. The number of aromatic nitrogens is 1. The number of carbonyl (C=O) groups is 1. The number of Topliss-reactive ketones (excluding diaryl/α,β-unsaturated/α-hetero) is 1. The fourth-order valence-electron chi connectivity index (χ4n) is 4.01. The first kappa shape index (κ1) is 16.3. The first-order valence-electron chi connectivity index (χ1n) is 8.56. The number of benzene rings is 2. The molecule has 0 spiro atoms. The van der Waals surface area contributed by atoms with Gasteiger partial charge in [0.15, 0.2) is 5.78 Å². The normalized spacial score (nSPS) is 18.0. The Morgan fingerprint density at radius 1 is 0.857 bits per heavy atom. The molecule has 1 aromatic heterocycles. The van der Waals surface area contributed by atoms with Gasteiger partial charge in [-0.3, -0.25) is 9.78 Å². The second kappa shape index (κ2) is 5.80. The van der Waals surface area contributed by atoms with Crippen molar-refractivity contribution in [3.8, 4) is 17.3 Å². The number of nitriles is 1. The molecule has 3 aromatic rings. The highest BCUT2D eigenvalue weighted by Gasteiger charge is 2.40. The van der Waals surface area contributed by atoms with Crippen LogP contribution in [0.2, 0.25) is 0 Å². The quantitative estimate of drug-likeness (QED) is 0.326. The zero-order valence-electron chi connectivity index (χ0n) is 14.3. The molecule has 2 aliphatic rings. The molecular weight excluding hydrogens is 358 g/mol. The van der Waals surface area contributed by atoms with Crippen LogP contribution in [0.3, 0.4) is 0 Å². The van der Waals surface area contributed by atoms with Crippen molar-refractivity contribution in [2.24, 2.45) is 0 Å². The van der Waals surface area contributed by atoms with Gasteiger partial charge in [0.2, 0.25) is 0 Å². The predicted octanol–water partition coefficient (Wildman–Crippen LogP) is 4.95. The first-order valence-corrected chi connectivity index (χ1v) is 8.56. The van der Waals surface area contributed by atoms with Crippen LogP contribution in [-0.2, 0) is 0 Å². The highest BCUT2D eigenvalue weighted by Crippen LogP contribution is 2.50. The fraction of sp³-hybridized carbons (Fsp3) is 0. The number of hydrogen-bond acceptors (Lipinski definition) is 3. The maximum absolute atomic E-state index is 14.6. The van der Waals surface area contributed by atoms with E-state index >= 15 is 0 Å². The third kappa shape index (κ3) is 2.00. The average Bonchev–Trinajstić information content (AvgIpc) is 3.18. The summed E-state index contributed by atoms with van der Waals surface area (Å²) in [5, 5.41) is 9.26. The highest BCUT2D eigenvalue weighted by molar-refractivity contribution is 6.32. The molecule has 0 atom stereocenters. The van der Waals surface area contributed by atoms with Gasteiger partial charge in [-0.25, -0.2) is 8.78 Å². The Hall–Kier alpha value is -3.91. The SMILES string of the molecule is N#C/C=C1/C(=C2\c3ccccc3-c3ncccc32)C(=O)c2c(F)ccc(F)c21. The summed E-state index contributed by atoms with van der Waals surface area (Å²) in [6, 6.07) is 14.7. The number of halogens is 2. The summed E-state index contributed by atoms with van der Waals surface area (Å²) in [6.07, 6.45) is 2.76. The molecule has 0 bridgehead atoms. The summed E-state index contributed by atoms with van der Waals surface area (Å²) in [6.45, 7) is 0. The number of fused-ring (bicyclic) bond motifs is 4. The van der Waals surface area contributed by atoms with Crippen molar-refractivity contribution in [3.05, 3.63) is 100 Å². The predicted molar refractivity (Wildman–Crippen MR) is 100.0 cm³/mol. The Bertz CT molecular complexity index is 1260. The summed E-state index contributed by atoms with van der Waals surface area (Å²) >= 11 is 0. The van der Waals surface area contributed by atoms with E-state index in [4.69, 9.17) is 0 Å². The molecule has 0 aliphatic heterocycles. The number of rotatable bonds is 0. The second-order valence-corrected chi connectivity index (χ2v) is 6.49. The fourth-order valence-corrected chi connectivity index (χ4v) is 4.01. The van der Waals surface area contributed by atoms with Gasteiger partial charge in [0.1, 0.15) is 11.6 Å². The van der Waals surface area contributed by atoms with Crippen LogP contribution in [0.1, 0.15) is 27.0 Å². The van der Waals surface area contributed by atoms with Gasteiger partial charge in [0, 0.05) is 45.7 Å². The Balaban J connectivity index is 1.95. The van der Waals surface area contributed by atoms with Crippen molar-refractivity contribution in [1.29, 1.82) is 5.26 Å². The van der Waals surface area contributed by atoms with E-state index in [9.17, 15) is 18.8 Å². The van der Waals surface area contributed by atoms with E-state index in [1.165, 1.54) is 0 Å². The maximum atomic E-state index is 14.6. The van der Waals surface area contributed by atoms with Gasteiger partial charge in [0.05, 0.1) is 17.3 Å². The van der Waals surface area contributed by atoms with Crippen LogP contribution in [0.15, 0.2) is 66.4 Å². The van der Waals surface area contributed by atoms with Crippen LogP contribution in [0.4, 0.5) is 8.78 Å². The van der Waals surface area contributed by atoms with Crippen LogP contribution in [0.5, 0.6) is 0 Å². The number of pyridine rings is 1. The lowest BCUT2D eigenvalue weighted by atomic mass is 9.93. The smallest absolute Gasteiger partial charge is 0.198 e. The van der Waals surface area contributed by atoms with Crippen LogP contribution < -0.4 is 0 Å². The van der Waals surface area contributed by atoms with E-state index in [0.717, 1.165) is 29.3 Å². The number of nitrogens with zero attached hydrogens (tertiary/aromatic N) is 2. The van der Waals surface area contributed by atoms with E-state index in [0.29, 0.717) is 16.8 Å².